The van der Waals surface area contributed by atoms with Crippen molar-refractivity contribution in [2.24, 2.45) is 0 Å². The van der Waals surface area contributed by atoms with Gasteiger partial charge in [0.25, 0.3) is 5.91 Å². The zero-order valence-electron chi connectivity index (χ0n) is 18.5. The van der Waals surface area contributed by atoms with Crippen LogP contribution in [0, 0.1) is 5.82 Å². The first-order valence-corrected chi connectivity index (χ1v) is 11.1. The summed E-state index contributed by atoms with van der Waals surface area (Å²) in [4.78, 5) is 25.5. The van der Waals surface area contributed by atoms with E-state index in [1.807, 2.05) is 65.6 Å². The van der Waals surface area contributed by atoms with Crippen LogP contribution in [0.2, 0.25) is 0 Å². The van der Waals surface area contributed by atoms with E-state index < -0.39 is 5.82 Å². The van der Waals surface area contributed by atoms with Crippen molar-refractivity contribution in [1.29, 1.82) is 0 Å². The molecular formula is C27H23FN4O2. The lowest BCUT2D eigenvalue weighted by atomic mass is 10.1. The van der Waals surface area contributed by atoms with E-state index in [0.29, 0.717) is 32.1 Å². The van der Waals surface area contributed by atoms with E-state index in [9.17, 15) is 9.18 Å². The Hall–Kier alpha value is -4.26. The molecule has 4 aromatic rings. The molecule has 6 nitrogen and oxygen atoms in total. The van der Waals surface area contributed by atoms with Gasteiger partial charge in [-0.2, -0.15) is 0 Å². The first-order chi connectivity index (χ1) is 16.7. The molecular weight excluding hydrogens is 431 g/mol. The maximum absolute atomic E-state index is 14.0. The standard InChI is InChI=1S/C27H23FN4O2/c28-24-9-5-4-8-23(24)26(33)31-16-18-32(19-17-31)27-29-15-14-25(30-27)20-10-12-22(13-11-20)34-21-6-2-1-3-7-21/h1-15H,16-19H2. The molecule has 7 heteroatoms. The maximum Gasteiger partial charge on any atom is 0.256 e. The number of nitrogens with zero attached hydrogens (tertiary/aromatic N) is 4. The summed E-state index contributed by atoms with van der Waals surface area (Å²) in [5.41, 5.74) is 1.87. The van der Waals surface area contributed by atoms with Crippen LogP contribution >= 0.6 is 0 Å². The van der Waals surface area contributed by atoms with Crippen molar-refractivity contribution >= 4 is 11.9 Å². The summed E-state index contributed by atoms with van der Waals surface area (Å²) >= 11 is 0. The lowest BCUT2D eigenvalue weighted by molar-refractivity contribution is 0.0741. The van der Waals surface area contributed by atoms with Crippen molar-refractivity contribution in [3.05, 3.63) is 103 Å². The molecule has 0 N–H and O–H groups in total. The molecule has 1 amide bonds. The van der Waals surface area contributed by atoms with Crippen LogP contribution in [0.1, 0.15) is 10.4 Å². The number of ether oxygens (including phenoxy) is 1. The molecule has 0 aliphatic carbocycles. The van der Waals surface area contributed by atoms with E-state index in [4.69, 9.17) is 9.72 Å². The molecule has 2 heterocycles. The zero-order chi connectivity index (χ0) is 23.3. The molecule has 1 aromatic heterocycles. The summed E-state index contributed by atoms with van der Waals surface area (Å²) in [5, 5.41) is 0. The van der Waals surface area contributed by atoms with Gasteiger partial charge in [0.1, 0.15) is 17.3 Å². The molecule has 1 fully saturated rings. The molecule has 1 aliphatic rings. The number of aromatic nitrogens is 2. The minimum atomic E-state index is -0.494. The highest BCUT2D eigenvalue weighted by molar-refractivity contribution is 5.94. The van der Waals surface area contributed by atoms with Crippen molar-refractivity contribution in [3.63, 3.8) is 0 Å². The molecule has 0 spiro atoms. The van der Waals surface area contributed by atoms with Crippen LogP contribution in [0.4, 0.5) is 10.3 Å². The molecule has 1 aliphatic heterocycles. The van der Waals surface area contributed by atoms with Gasteiger partial charge in [-0.3, -0.25) is 4.79 Å². The Morgan fingerprint density at radius 2 is 1.47 bits per heavy atom. The van der Waals surface area contributed by atoms with E-state index in [-0.39, 0.29) is 11.5 Å². The number of carbonyl (C=O) groups excluding carboxylic acids is 1. The normalized spacial score (nSPS) is 13.6. The fourth-order valence-corrected chi connectivity index (χ4v) is 3.89. The molecule has 0 atom stereocenters. The number of hydrogen-bond donors (Lipinski definition) is 0. The minimum absolute atomic E-state index is 0.105. The lowest BCUT2D eigenvalue weighted by Crippen LogP contribution is -2.49. The Balaban J connectivity index is 1.24. The number of hydrogen-bond acceptors (Lipinski definition) is 5. The maximum atomic E-state index is 14.0. The van der Waals surface area contributed by atoms with E-state index in [1.54, 1.807) is 23.2 Å². The Morgan fingerprint density at radius 3 is 2.21 bits per heavy atom. The summed E-state index contributed by atoms with van der Waals surface area (Å²) in [6.07, 6.45) is 1.74. The summed E-state index contributed by atoms with van der Waals surface area (Å²) in [5.74, 6) is 1.36. The van der Waals surface area contributed by atoms with Gasteiger partial charge in [-0.25, -0.2) is 14.4 Å². The van der Waals surface area contributed by atoms with Crippen molar-refractivity contribution in [2.75, 3.05) is 31.1 Å². The first-order valence-electron chi connectivity index (χ1n) is 11.1. The van der Waals surface area contributed by atoms with E-state index in [0.717, 1.165) is 22.8 Å². The van der Waals surface area contributed by atoms with Crippen LogP contribution in [0.25, 0.3) is 11.3 Å². The molecule has 34 heavy (non-hydrogen) atoms. The highest BCUT2D eigenvalue weighted by Gasteiger charge is 2.25. The quantitative estimate of drug-likeness (QED) is 0.423. The molecule has 0 saturated carbocycles. The van der Waals surface area contributed by atoms with Crippen LogP contribution in [-0.2, 0) is 0 Å². The highest BCUT2D eigenvalue weighted by atomic mass is 19.1. The van der Waals surface area contributed by atoms with Crippen LogP contribution in [0.3, 0.4) is 0 Å². The number of halogens is 1. The topological polar surface area (TPSA) is 58.6 Å². The Morgan fingerprint density at radius 1 is 0.794 bits per heavy atom. The molecule has 0 bridgehead atoms. The van der Waals surface area contributed by atoms with Crippen molar-refractivity contribution in [1.82, 2.24) is 14.9 Å². The predicted molar refractivity (Wildman–Crippen MR) is 129 cm³/mol. The zero-order valence-corrected chi connectivity index (χ0v) is 18.5. The number of para-hydroxylation sites is 1. The Bertz CT molecular complexity index is 1270. The SMILES string of the molecule is O=C(c1ccccc1F)N1CCN(c2nccc(-c3ccc(Oc4ccccc4)cc3)n2)CC1. The summed E-state index contributed by atoms with van der Waals surface area (Å²) in [6.45, 7) is 2.11. The minimum Gasteiger partial charge on any atom is -0.457 e. The largest absolute Gasteiger partial charge is 0.457 e. The van der Waals surface area contributed by atoms with Crippen LogP contribution in [0.5, 0.6) is 11.5 Å². The summed E-state index contributed by atoms with van der Waals surface area (Å²) in [7, 11) is 0. The van der Waals surface area contributed by atoms with Gasteiger partial charge in [-0.05, 0) is 54.6 Å². The second-order valence-corrected chi connectivity index (χ2v) is 7.94. The Kier molecular flexibility index (Phi) is 6.16. The van der Waals surface area contributed by atoms with E-state index >= 15 is 0 Å². The van der Waals surface area contributed by atoms with Crippen molar-refractivity contribution < 1.29 is 13.9 Å². The van der Waals surface area contributed by atoms with Crippen LogP contribution < -0.4 is 9.64 Å². The monoisotopic (exact) mass is 454 g/mol. The molecule has 0 unspecified atom stereocenters. The smallest absolute Gasteiger partial charge is 0.256 e. The fourth-order valence-electron chi connectivity index (χ4n) is 3.89. The number of carbonyl (C=O) groups is 1. The van der Waals surface area contributed by atoms with Gasteiger partial charge in [0.2, 0.25) is 5.95 Å². The van der Waals surface area contributed by atoms with Gasteiger partial charge in [0.15, 0.2) is 0 Å². The lowest BCUT2D eigenvalue weighted by Gasteiger charge is -2.34. The average Bonchev–Trinajstić information content (AvgIpc) is 2.90. The van der Waals surface area contributed by atoms with Gasteiger partial charge < -0.3 is 14.5 Å². The number of piperazine rings is 1. The van der Waals surface area contributed by atoms with Gasteiger partial charge >= 0.3 is 0 Å². The van der Waals surface area contributed by atoms with Gasteiger partial charge in [0.05, 0.1) is 11.3 Å². The van der Waals surface area contributed by atoms with Crippen molar-refractivity contribution in [2.45, 2.75) is 0 Å². The number of rotatable bonds is 5. The molecule has 170 valence electrons. The number of anilines is 1. The highest BCUT2D eigenvalue weighted by Crippen LogP contribution is 2.26. The van der Waals surface area contributed by atoms with E-state index in [2.05, 4.69) is 4.98 Å². The predicted octanol–water partition coefficient (Wildman–Crippen LogP) is 5.04. The van der Waals surface area contributed by atoms with Gasteiger partial charge in [-0.15, -0.1) is 0 Å². The Labute approximate surface area is 197 Å². The first kappa shape index (κ1) is 21.6. The summed E-state index contributed by atoms with van der Waals surface area (Å²) in [6, 6.07) is 25.4. The average molecular weight is 455 g/mol. The molecule has 3 aromatic carbocycles. The van der Waals surface area contributed by atoms with E-state index in [1.165, 1.54) is 12.1 Å². The van der Waals surface area contributed by atoms with Crippen LogP contribution in [-0.4, -0.2) is 47.0 Å². The third kappa shape index (κ3) is 4.73. The molecule has 0 radical (unpaired) electrons. The number of amides is 1. The third-order valence-electron chi connectivity index (χ3n) is 5.73. The van der Waals surface area contributed by atoms with Crippen molar-refractivity contribution in [3.8, 4) is 22.8 Å². The van der Waals surface area contributed by atoms with Crippen LogP contribution in [0.15, 0.2) is 91.1 Å². The number of benzene rings is 3. The second kappa shape index (κ2) is 9.70. The van der Waals surface area contributed by atoms with Gasteiger partial charge in [0, 0.05) is 37.9 Å². The molecule has 1 saturated heterocycles. The van der Waals surface area contributed by atoms with Gasteiger partial charge in [-0.1, -0.05) is 30.3 Å². The second-order valence-electron chi connectivity index (χ2n) is 7.94. The molecule has 5 rings (SSSR count). The third-order valence-corrected chi connectivity index (χ3v) is 5.73. The fraction of sp³-hybridized carbons (Fsp3) is 0.148. The summed E-state index contributed by atoms with van der Waals surface area (Å²) < 4.78 is 19.9.